The minimum absolute atomic E-state index is 0.0153. The molecule has 0 aliphatic heterocycles. The van der Waals surface area contributed by atoms with Crippen LogP contribution in [0.1, 0.15) is 18.0 Å². The average molecular weight is 236 g/mol. The molecule has 1 heterocycles. The van der Waals surface area contributed by atoms with Gasteiger partial charge in [0.2, 0.25) is 0 Å². The van der Waals surface area contributed by atoms with Gasteiger partial charge >= 0.3 is 0 Å². The number of hydrogen-bond acceptors (Lipinski definition) is 5. The van der Waals surface area contributed by atoms with E-state index in [1.165, 1.54) is 23.5 Å². The molecule has 0 saturated carbocycles. The lowest BCUT2D eigenvalue weighted by Gasteiger charge is -2.02. The molecule has 1 unspecified atom stereocenters. The highest BCUT2D eigenvalue weighted by molar-refractivity contribution is 7.10. The molecule has 84 valence electrons. The summed E-state index contributed by atoms with van der Waals surface area (Å²) in [6, 6.07) is 4.32. The Morgan fingerprint density at radius 3 is 2.69 bits per heavy atom. The van der Waals surface area contributed by atoms with Gasteiger partial charge in [0.1, 0.15) is 16.5 Å². The van der Waals surface area contributed by atoms with E-state index in [2.05, 4.69) is 4.98 Å². The van der Waals surface area contributed by atoms with Crippen molar-refractivity contribution in [1.82, 2.24) is 4.98 Å². The van der Waals surface area contributed by atoms with E-state index in [1.54, 1.807) is 6.07 Å². The zero-order chi connectivity index (χ0) is 11.7. The fourth-order valence-electron chi connectivity index (χ4n) is 1.36. The van der Waals surface area contributed by atoms with Crippen LogP contribution in [0.15, 0.2) is 23.6 Å². The number of phenolic OH excluding ortho intramolecular Hbond substituents is 2. The molecule has 0 aliphatic carbocycles. The number of benzene rings is 1. The minimum atomic E-state index is -0.113. The summed E-state index contributed by atoms with van der Waals surface area (Å²) in [6.07, 6.45) is 0. The van der Waals surface area contributed by atoms with Crippen LogP contribution < -0.4 is 5.73 Å². The van der Waals surface area contributed by atoms with Gasteiger partial charge < -0.3 is 15.9 Å². The summed E-state index contributed by atoms with van der Waals surface area (Å²) in [5, 5.41) is 21.5. The van der Waals surface area contributed by atoms with Crippen LogP contribution in [0.4, 0.5) is 0 Å². The van der Waals surface area contributed by atoms with Crippen LogP contribution in [0.5, 0.6) is 11.5 Å². The number of aromatic nitrogens is 1. The van der Waals surface area contributed by atoms with Gasteiger partial charge in [-0.25, -0.2) is 4.98 Å². The topological polar surface area (TPSA) is 79.4 Å². The van der Waals surface area contributed by atoms with E-state index < -0.39 is 0 Å². The summed E-state index contributed by atoms with van der Waals surface area (Å²) < 4.78 is 0. The summed E-state index contributed by atoms with van der Waals surface area (Å²) in [4.78, 5) is 4.32. The molecule has 16 heavy (non-hydrogen) atoms. The third kappa shape index (κ3) is 2.00. The first-order valence-electron chi connectivity index (χ1n) is 4.81. The first-order chi connectivity index (χ1) is 7.58. The highest BCUT2D eigenvalue weighted by atomic mass is 32.1. The lowest BCUT2D eigenvalue weighted by atomic mass is 10.1. The van der Waals surface area contributed by atoms with Crippen LogP contribution in [0.2, 0.25) is 0 Å². The standard InChI is InChI=1S/C11H12N2O2S/c1-6(12)11-13-9(5-16-11)8-3-2-7(14)4-10(8)15/h2-6,14-15H,12H2,1H3. The highest BCUT2D eigenvalue weighted by Gasteiger charge is 2.11. The summed E-state index contributed by atoms with van der Waals surface area (Å²) in [7, 11) is 0. The third-order valence-electron chi connectivity index (χ3n) is 2.17. The smallest absolute Gasteiger partial charge is 0.128 e. The number of phenols is 2. The van der Waals surface area contributed by atoms with Crippen molar-refractivity contribution in [3.63, 3.8) is 0 Å². The monoisotopic (exact) mass is 236 g/mol. The van der Waals surface area contributed by atoms with Crippen LogP contribution in [0, 0.1) is 0 Å². The molecule has 2 aromatic rings. The molecule has 4 nitrogen and oxygen atoms in total. The first-order valence-corrected chi connectivity index (χ1v) is 5.69. The second-order valence-corrected chi connectivity index (χ2v) is 4.45. The summed E-state index contributed by atoms with van der Waals surface area (Å²) in [5.74, 6) is 0.0467. The van der Waals surface area contributed by atoms with Crippen LogP contribution in [0.25, 0.3) is 11.3 Å². The molecule has 0 spiro atoms. The molecule has 0 aliphatic rings. The Labute approximate surface area is 97.0 Å². The van der Waals surface area contributed by atoms with Crippen LogP contribution >= 0.6 is 11.3 Å². The zero-order valence-corrected chi connectivity index (χ0v) is 9.53. The lowest BCUT2D eigenvalue weighted by molar-refractivity contribution is 0.452. The van der Waals surface area contributed by atoms with Crippen LogP contribution in [-0.2, 0) is 0 Å². The molecule has 0 bridgehead atoms. The molecule has 4 N–H and O–H groups in total. The van der Waals surface area contributed by atoms with Crippen molar-refractivity contribution in [2.24, 2.45) is 5.73 Å². The van der Waals surface area contributed by atoms with Crippen molar-refractivity contribution in [1.29, 1.82) is 0 Å². The molecule has 2 rings (SSSR count). The van der Waals surface area contributed by atoms with Gasteiger partial charge in [0, 0.05) is 17.0 Å². The molecule has 0 saturated heterocycles. The predicted octanol–water partition coefficient (Wildman–Crippen LogP) is 2.24. The van der Waals surface area contributed by atoms with Gasteiger partial charge in [-0.2, -0.15) is 0 Å². The van der Waals surface area contributed by atoms with Crippen molar-refractivity contribution < 1.29 is 10.2 Å². The molecular formula is C11H12N2O2S. The fourth-order valence-corrected chi connectivity index (χ4v) is 2.13. The molecule has 1 aromatic carbocycles. The largest absolute Gasteiger partial charge is 0.508 e. The molecule has 0 amide bonds. The van der Waals surface area contributed by atoms with E-state index in [0.29, 0.717) is 11.3 Å². The maximum absolute atomic E-state index is 9.67. The van der Waals surface area contributed by atoms with E-state index in [-0.39, 0.29) is 17.5 Å². The maximum atomic E-state index is 9.67. The Kier molecular flexibility index (Phi) is 2.80. The van der Waals surface area contributed by atoms with E-state index in [9.17, 15) is 10.2 Å². The van der Waals surface area contributed by atoms with Gasteiger partial charge in [-0.15, -0.1) is 11.3 Å². The van der Waals surface area contributed by atoms with Crippen molar-refractivity contribution in [2.45, 2.75) is 13.0 Å². The number of thiazole rings is 1. The van der Waals surface area contributed by atoms with E-state index in [4.69, 9.17) is 5.73 Å². The number of nitrogens with two attached hydrogens (primary N) is 1. The lowest BCUT2D eigenvalue weighted by Crippen LogP contribution is -2.03. The Morgan fingerprint density at radius 1 is 1.38 bits per heavy atom. The molecule has 0 radical (unpaired) electrons. The highest BCUT2D eigenvalue weighted by Crippen LogP contribution is 2.33. The second kappa shape index (κ2) is 4.11. The molecule has 0 fully saturated rings. The van der Waals surface area contributed by atoms with E-state index in [1.807, 2.05) is 12.3 Å². The number of rotatable bonds is 2. The van der Waals surface area contributed by atoms with Gasteiger partial charge in [-0.05, 0) is 19.1 Å². The molecule has 5 heteroatoms. The second-order valence-electron chi connectivity index (χ2n) is 3.56. The maximum Gasteiger partial charge on any atom is 0.128 e. The summed E-state index contributed by atoms with van der Waals surface area (Å²) in [5.41, 5.74) is 6.99. The summed E-state index contributed by atoms with van der Waals surface area (Å²) in [6.45, 7) is 1.86. The fraction of sp³-hybridized carbons (Fsp3) is 0.182. The quantitative estimate of drug-likeness (QED) is 0.747. The van der Waals surface area contributed by atoms with Gasteiger partial charge in [0.25, 0.3) is 0 Å². The normalized spacial score (nSPS) is 12.6. The van der Waals surface area contributed by atoms with E-state index in [0.717, 1.165) is 5.01 Å². The van der Waals surface area contributed by atoms with Gasteiger partial charge in [-0.3, -0.25) is 0 Å². The van der Waals surface area contributed by atoms with E-state index >= 15 is 0 Å². The minimum Gasteiger partial charge on any atom is -0.508 e. The van der Waals surface area contributed by atoms with Crippen molar-refractivity contribution in [3.8, 4) is 22.8 Å². The molecular weight excluding hydrogens is 224 g/mol. The Hall–Kier alpha value is -1.59. The predicted molar refractivity (Wildman–Crippen MR) is 63.5 cm³/mol. The molecule has 1 atom stereocenters. The third-order valence-corrected chi connectivity index (χ3v) is 3.21. The average Bonchev–Trinajstić information content (AvgIpc) is 2.66. The Morgan fingerprint density at radius 2 is 2.12 bits per heavy atom. The number of hydrogen-bond donors (Lipinski definition) is 3. The van der Waals surface area contributed by atoms with Crippen molar-refractivity contribution in [2.75, 3.05) is 0 Å². The van der Waals surface area contributed by atoms with Gasteiger partial charge in [-0.1, -0.05) is 0 Å². The van der Waals surface area contributed by atoms with Crippen LogP contribution in [-0.4, -0.2) is 15.2 Å². The van der Waals surface area contributed by atoms with Crippen molar-refractivity contribution >= 4 is 11.3 Å². The Bertz CT molecular complexity index is 508. The molecule has 1 aromatic heterocycles. The number of nitrogens with zero attached hydrogens (tertiary/aromatic N) is 1. The van der Waals surface area contributed by atoms with Gasteiger partial charge in [0.15, 0.2) is 0 Å². The first kappa shape index (κ1) is 10.9. The SMILES string of the molecule is CC(N)c1nc(-c2ccc(O)cc2O)cs1. The summed E-state index contributed by atoms with van der Waals surface area (Å²) >= 11 is 1.46. The zero-order valence-electron chi connectivity index (χ0n) is 8.71. The number of aromatic hydroxyl groups is 2. The van der Waals surface area contributed by atoms with Crippen molar-refractivity contribution in [3.05, 3.63) is 28.6 Å². The van der Waals surface area contributed by atoms with Gasteiger partial charge in [0.05, 0.1) is 11.7 Å². The van der Waals surface area contributed by atoms with Crippen LogP contribution in [0.3, 0.4) is 0 Å². The Balaban J connectivity index is 2.42.